The number of aromatic nitrogens is 3. The quantitative estimate of drug-likeness (QED) is 0.472. The van der Waals surface area contributed by atoms with Crippen LogP contribution in [0.2, 0.25) is 5.02 Å². The van der Waals surface area contributed by atoms with Gasteiger partial charge in [0.25, 0.3) is 10.0 Å². The zero-order valence-electron chi connectivity index (χ0n) is 19.1. The molecular formula is C23H28ClFN4O2S. The van der Waals surface area contributed by atoms with Crippen molar-refractivity contribution < 1.29 is 12.8 Å². The Morgan fingerprint density at radius 1 is 1.12 bits per heavy atom. The number of benzene rings is 2. The summed E-state index contributed by atoms with van der Waals surface area (Å²) in [5.41, 5.74) is 1.30. The molecule has 1 heterocycles. The molecule has 0 saturated carbocycles. The lowest BCUT2D eigenvalue weighted by molar-refractivity contribution is 0.587. The first kappa shape index (κ1) is 24.2. The topological polar surface area (TPSA) is 76.9 Å². The monoisotopic (exact) mass is 478 g/mol. The van der Waals surface area contributed by atoms with E-state index in [2.05, 4.69) is 14.9 Å². The molecule has 9 heteroatoms. The molecule has 0 saturated heterocycles. The maximum atomic E-state index is 14.3. The Morgan fingerprint density at radius 3 is 2.28 bits per heavy atom. The van der Waals surface area contributed by atoms with Crippen LogP contribution in [0.25, 0.3) is 11.4 Å². The van der Waals surface area contributed by atoms with E-state index in [1.165, 1.54) is 6.07 Å². The molecule has 0 atom stereocenters. The number of hydrogen-bond acceptors (Lipinski definition) is 4. The van der Waals surface area contributed by atoms with Crippen LogP contribution in [-0.2, 0) is 22.0 Å². The van der Waals surface area contributed by atoms with Gasteiger partial charge in [-0.3, -0.25) is 4.72 Å². The van der Waals surface area contributed by atoms with Gasteiger partial charge < -0.3 is 4.57 Å². The van der Waals surface area contributed by atoms with Crippen molar-refractivity contribution in [3.63, 3.8) is 0 Å². The highest BCUT2D eigenvalue weighted by atomic mass is 35.5. The Labute approximate surface area is 193 Å². The molecule has 3 rings (SSSR count). The lowest BCUT2D eigenvalue weighted by atomic mass is 9.87. The van der Waals surface area contributed by atoms with Crippen molar-refractivity contribution >= 4 is 27.3 Å². The van der Waals surface area contributed by atoms with Crippen molar-refractivity contribution in [1.29, 1.82) is 0 Å². The summed E-state index contributed by atoms with van der Waals surface area (Å²) < 4.78 is 44.9. The summed E-state index contributed by atoms with van der Waals surface area (Å²) in [5, 5.41) is 8.36. The van der Waals surface area contributed by atoms with Crippen LogP contribution in [0.5, 0.6) is 0 Å². The molecule has 0 bridgehead atoms. The molecule has 0 fully saturated rings. The van der Waals surface area contributed by atoms with E-state index >= 15 is 0 Å². The summed E-state index contributed by atoms with van der Waals surface area (Å²) in [6.07, 6.45) is 0. The third-order valence-electron chi connectivity index (χ3n) is 5.19. The molecule has 0 aliphatic carbocycles. The van der Waals surface area contributed by atoms with E-state index < -0.39 is 15.8 Å². The van der Waals surface area contributed by atoms with E-state index in [0.29, 0.717) is 17.9 Å². The molecule has 1 N–H and O–H groups in total. The van der Waals surface area contributed by atoms with E-state index in [0.717, 1.165) is 17.5 Å². The summed E-state index contributed by atoms with van der Waals surface area (Å²) in [4.78, 5) is 0.0756. The highest BCUT2D eigenvalue weighted by molar-refractivity contribution is 7.92. The van der Waals surface area contributed by atoms with Crippen LogP contribution in [0.15, 0.2) is 41.3 Å². The molecule has 0 aliphatic rings. The van der Waals surface area contributed by atoms with Crippen molar-refractivity contribution in [3.8, 4) is 11.4 Å². The molecule has 6 nitrogen and oxygen atoms in total. The molecule has 2 aromatic carbocycles. The second kappa shape index (κ2) is 8.83. The fraction of sp³-hybridized carbons (Fsp3) is 0.391. The second-order valence-electron chi connectivity index (χ2n) is 8.97. The van der Waals surface area contributed by atoms with Crippen molar-refractivity contribution in [3.05, 3.63) is 58.6 Å². The smallest absolute Gasteiger partial charge is 0.261 e. The van der Waals surface area contributed by atoms with E-state index in [-0.39, 0.29) is 26.9 Å². The lowest BCUT2D eigenvalue weighted by Gasteiger charge is -2.19. The first-order chi connectivity index (χ1) is 14.8. The van der Waals surface area contributed by atoms with Gasteiger partial charge in [-0.1, -0.05) is 58.4 Å². The zero-order chi connectivity index (χ0) is 23.8. The van der Waals surface area contributed by atoms with Gasteiger partial charge in [0.05, 0.1) is 15.6 Å². The van der Waals surface area contributed by atoms with Gasteiger partial charge in [-0.2, -0.15) is 0 Å². The van der Waals surface area contributed by atoms with Gasteiger partial charge in [0.1, 0.15) is 11.6 Å². The Balaban J connectivity index is 2.09. The lowest BCUT2D eigenvalue weighted by Crippen LogP contribution is -2.16. The van der Waals surface area contributed by atoms with Crippen LogP contribution < -0.4 is 4.72 Å². The van der Waals surface area contributed by atoms with Crippen LogP contribution in [0, 0.1) is 5.82 Å². The summed E-state index contributed by atoms with van der Waals surface area (Å²) in [5.74, 6) is 0.532. The van der Waals surface area contributed by atoms with E-state index in [4.69, 9.17) is 11.6 Å². The second-order valence-corrected chi connectivity index (χ2v) is 11.1. The molecule has 0 radical (unpaired) electrons. The Morgan fingerprint density at radius 2 is 1.75 bits per heavy atom. The van der Waals surface area contributed by atoms with Crippen LogP contribution >= 0.6 is 11.6 Å². The third-order valence-corrected chi connectivity index (χ3v) is 6.86. The van der Waals surface area contributed by atoms with Gasteiger partial charge in [0.15, 0.2) is 5.82 Å². The van der Waals surface area contributed by atoms with Crippen molar-refractivity contribution in [2.45, 2.75) is 64.3 Å². The fourth-order valence-corrected chi connectivity index (χ4v) is 4.64. The van der Waals surface area contributed by atoms with Gasteiger partial charge in [-0.25, -0.2) is 12.8 Å². The maximum Gasteiger partial charge on any atom is 0.261 e. The largest absolute Gasteiger partial charge is 0.311 e. The van der Waals surface area contributed by atoms with E-state index in [1.54, 1.807) is 24.3 Å². The van der Waals surface area contributed by atoms with Crippen molar-refractivity contribution in [2.75, 3.05) is 4.72 Å². The molecule has 0 aliphatic heterocycles. The minimum atomic E-state index is -3.98. The first-order valence-corrected chi connectivity index (χ1v) is 12.3. The predicted molar refractivity (Wildman–Crippen MR) is 126 cm³/mol. The van der Waals surface area contributed by atoms with E-state index in [9.17, 15) is 12.8 Å². The standard InChI is InChI=1S/C23H28ClFN4O2S/c1-7-29-21(14(2)3)26-27-22(29)17-12-18(24)19(25)13-20(17)28-32(30,31)16-10-8-15(9-11-16)23(4,5)6/h8-14,28H,7H2,1-6H3. The molecule has 32 heavy (non-hydrogen) atoms. The van der Waals surface area contributed by atoms with Crippen LogP contribution in [0.4, 0.5) is 10.1 Å². The number of hydrogen-bond donors (Lipinski definition) is 1. The van der Waals surface area contributed by atoms with Gasteiger partial charge in [0, 0.05) is 24.1 Å². The maximum absolute atomic E-state index is 14.3. The summed E-state index contributed by atoms with van der Waals surface area (Å²) in [6, 6.07) is 9.09. The molecule has 172 valence electrons. The third kappa shape index (κ3) is 4.81. The van der Waals surface area contributed by atoms with Crippen LogP contribution in [-0.4, -0.2) is 23.2 Å². The average molecular weight is 479 g/mol. The highest BCUT2D eigenvalue weighted by Crippen LogP contribution is 2.34. The fourth-order valence-electron chi connectivity index (χ4n) is 3.41. The Kier molecular flexibility index (Phi) is 6.67. The molecule has 1 aromatic heterocycles. The highest BCUT2D eigenvalue weighted by Gasteiger charge is 2.23. The summed E-state index contributed by atoms with van der Waals surface area (Å²) in [6.45, 7) is 12.6. The van der Waals surface area contributed by atoms with Gasteiger partial charge >= 0.3 is 0 Å². The average Bonchev–Trinajstić information content (AvgIpc) is 3.14. The van der Waals surface area contributed by atoms with Crippen LogP contribution in [0.1, 0.15) is 58.8 Å². The van der Waals surface area contributed by atoms with Gasteiger partial charge in [-0.05, 0) is 36.1 Å². The number of anilines is 1. The molecular weight excluding hydrogens is 451 g/mol. The molecule has 0 unspecified atom stereocenters. The SMILES string of the molecule is CCn1c(-c2cc(Cl)c(F)cc2NS(=O)(=O)c2ccc(C(C)(C)C)cc2)nnc1C(C)C. The number of rotatable bonds is 6. The molecule has 3 aromatic rings. The number of halogens is 2. The Bertz CT molecular complexity index is 1230. The van der Waals surface area contributed by atoms with Crippen molar-refractivity contribution in [2.24, 2.45) is 0 Å². The molecule has 0 spiro atoms. The summed E-state index contributed by atoms with van der Waals surface area (Å²) >= 11 is 6.04. The summed E-state index contributed by atoms with van der Waals surface area (Å²) in [7, 11) is -3.98. The molecule has 0 amide bonds. The first-order valence-electron chi connectivity index (χ1n) is 10.4. The van der Waals surface area contributed by atoms with Gasteiger partial charge in [-0.15, -0.1) is 10.2 Å². The Hall–Kier alpha value is -2.45. The number of nitrogens with one attached hydrogen (secondary N) is 1. The number of sulfonamides is 1. The normalized spacial score (nSPS) is 12.4. The van der Waals surface area contributed by atoms with Crippen LogP contribution in [0.3, 0.4) is 0 Å². The minimum absolute atomic E-state index is 0.0456. The van der Waals surface area contributed by atoms with Gasteiger partial charge in [0.2, 0.25) is 0 Å². The minimum Gasteiger partial charge on any atom is -0.311 e. The predicted octanol–water partition coefficient (Wildman–Crippen LogP) is 5.98. The van der Waals surface area contributed by atoms with Crippen molar-refractivity contribution in [1.82, 2.24) is 14.8 Å². The number of nitrogens with zero attached hydrogens (tertiary/aromatic N) is 3. The van der Waals surface area contributed by atoms with E-state index in [1.807, 2.05) is 46.1 Å². The zero-order valence-corrected chi connectivity index (χ0v) is 20.6.